The molecule has 1 fully saturated rings. The molecule has 0 radical (unpaired) electrons. The van der Waals surface area contributed by atoms with Crippen molar-refractivity contribution in [1.82, 2.24) is 15.3 Å². The molecule has 1 aromatic carbocycles. The Morgan fingerprint density at radius 2 is 1.92 bits per heavy atom. The van der Waals surface area contributed by atoms with Crippen LogP contribution in [0.3, 0.4) is 0 Å². The van der Waals surface area contributed by atoms with Crippen molar-refractivity contribution in [1.29, 1.82) is 0 Å². The van der Waals surface area contributed by atoms with Crippen LogP contribution in [0, 0.1) is 5.82 Å². The van der Waals surface area contributed by atoms with E-state index in [9.17, 15) is 9.18 Å². The number of thioether (sulfide) groups is 1. The van der Waals surface area contributed by atoms with Crippen molar-refractivity contribution in [3.63, 3.8) is 0 Å². The van der Waals surface area contributed by atoms with E-state index in [-0.39, 0.29) is 11.7 Å². The molecule has 4 nitrogen and oxygen atoms in total. The van der Waals surface area contributed by atoms with E-state index in [0.29, 0.717) is 17.0 Å². The SMILES string of the molecule is O=C(CSc1nccc(-c2ccc(F)cc2)n1)NC1CCCCC1. The summed E-state index contributed by atoms with van der Waals surface area (Å²) in [6.07, 6.45) is 7.47. The number of benzene rings is 1. The molecule has 1 amide bonds. The summed E-state index contributed by atoms with van der Waals surface area (Å²) in [5.41, 5.74) is 1.55. The number of aromatic nitrogens is 2. The van der Waals surface area contributed by atoms with Crippen LogP contribution in [0.1, 0.15) is 32.1 Å². The number of hydrogen-bond donors (Lipinski definition) is 1. The first kappa shape index (κ1) is 16.9. The van der Waals surface area contributed by atoms with Crippen molar-refractivity contribution in [2.75, 3.05) is 5.75 Å². The predicted molar refractivity (Wildman–Crippen MR) is 93.2 cm³/mol. The maximum Gasteiger partial charge on any atom is 0.230 e. The second-order valence-electron chi connectivity index (χ2n) is 5.92. The average Bonchev–Trinajstić information content (AvgIpc) is 2.62. The van der Waals surface area contributed by atoms with Crippen LogP contribution in [-0.4, -0.2) is 27.7 Å². The smallest absolute Gasteiger partial charge is 0.230 e. The summed E-state index contributed by atoms with van der Waals surface area (Å²) < 4.78 is 13.0. The third kappa shape index (κ3) is 4.77. The van der Waals surface area contributed by atoms with E-state index in [2.05, 4.69) is 15.3 Å². The van der Waals surface area contributed by atoms with Gasteiger partial charge in [-0.2, -0.15) is 0 Å². The summed E-state index contributed by atoms with van der Waals surface area (Å²) >= 11 is 1.32. The predicted octanol–water partition coefficient (Wildman–Crippen LogP) is 3.82. The molecule has 1 aliphatic carbocycles. The molecule has 0 unspecified atom stereocenters. The van der Waals surface area contributed by atoms with Crippen LogP contribution in [0.4, 0.5) is 4.39 Å². The van der Waals surface area contributed by atoms with Crippen LogP contribution in [-0.2, 0) is 4.79 Å². The van der Waals surface area contributed by atoms with Gasteiger partial charge in [0.05, 0.1) is 11.4 Å². The first-order valence-corrected chi connectivity index (χ1v) is 9.20. The first-order chi connectivity index (χ1) is 11.7. The van der Waals surface area contributed by atoms with Crippen molar-refractivity contribution in [3.05, 3.63) is 42.3 Å². The Kier molecular flexibility index (Phi) is 5.80. The molecule has 1 heterocycles. The maximum absolute atomic E-state index is 13.0. The van der Waals surface area contributed by atoms with Gasteiger partial charge in [-0.25, -0.2) is 14.4 Å². The molecule has 1 N–H and O–H groups in total. The minimum Gasteiger partial charge on any atom is -0.353 e. The van der Waals surface area contributed by atoms with Crippen molar-refractivity contribution >= 4 is 17.7 Å². The van der Waals surface area contributed by atoms with Gasteiger partial charge in [0.2, 0.25) is 5.91 Å². The molecule has 1 saturated carbocycles. The molecule has 1 aliphatic rings. The van der Waals surface area contributed by atoms with Crippen molar-refractivity contribution < 1.29 is 9.18 Å². The molecule has 1 aromatic heterocycles. The number of amides is 1. The molecule has 0 aliphatic heterocycles. The van der Waals surface area contributed by atoms with Gasteiger partial charge >= 0.3 is 0 Å². The van der Waals surface area contributed by atoms with E-state index in [1.807, 2.05) is 0 Å². The van der Waals surface area contributed by atoms with Gasteiger partial charge < -0.3 is 5.32 Å². The third-order valence-corrected chi connectivity index (χ3v) is 4.94. The molecule has 0 atom stereocenters. The lowest BCUT2D eigenvalue weighted by atomic mass is 9.95. The van der Waals surface area contributed by atoms with Crippen LogP contribution >= 0.6 is 11.8 Å². The number of hydrogen-bond acceptors (Lipinski definition) is 4. The van der Waals surface area contributed by atoms with E-state index in [1.54, 1.807) is 24.4 Å². The number of carbonyl (C=O) groups is 1. The number of carbonyl (C=O) groups excluding carboxylic acids is 1. The zero-order valence-corrected chi connectivity index (χ0v) is 14.2. The van der Waals surface area contributed by atoms with Crippen LogP contribution < -0.4 is 5.32 Å². The molecule has 126 valence electrons. The second kappa shape index (κ2) is 8.24. The topological polar surface area (TPSA) is 54.9 Å². The number of nitrogens with zero attached hydrogens (tertiary/aromatic N) is 2. The van der Waals surface area contributed by atoms with Gasteiger partial charge in [0.25, 0.3) is 0 Å². The zero-order chi connectivity index (χ0) is 16.8. The van der Waals surface area contributed by atoms with E-state index < -0.39 is 0 Å². The van der Waals surface area contributed by atoms with Crippen LogP contribution in [0.2, 0.25) is 0 Å². The second-order valence-corrected chi connectivity index (χ2v) is 6.86. The van der Waals surface area contributed by atoms with Crippen molar-refractivity contribution in [2.24, 2.45) is 0 Å². The van der Waals surface area contributed by atoms with Crippen LogP contribution in [0.15, 0.2) is 41.7 Å². The monoisotopic (exact) mass is 345 g/mol. The Balaban J connectivity index is 1.56. The fourth-order valence-corrected chi connectivity index (χ4v) is 3.48. The van der Waals surface area contributed by atoms with E-state index >= 15 is 0 Å². The average molecular weight is 345 g/mol. The lowest BCUT2D eigenvalue weighted by Gasteiger charge is -2.22. The minimum atomic E-state index is -0.276. The molecule has 3 rings (SSSR count). The van der Waals surface area contributed by atoms with E-state index in [0.717, 1.165) is 24.1 Å². The van der Waals surface area contributed by atoms with Gasteiger partial charge in [-0.1, -0.05) is 31.0 Å². The Hall–Kier alpha value is -1.95. The summed E-state index contributed by atoms with van der Waals surface area (Å²) in [7, 11) is 0. The summed E-state index contributed by atoms with van der Waals surface area (Å²) in [6.45, 7) is 0. The van der Waals surface area contributed by atoms with E-state index in [1.165, 1.54) is 43.2 Å². The highest BCUT2D eigenvalue weighted by atomic mass is 32.2. The Morgan fingerprint density at radius 3 is 2.67 bits per heavy atom. The van der Waals surface area contributed by atoms with E-state index in [4.69, 9.17) is 0 Å². The van der Waals surface area contributed by atoms with Gasteiger partial charge in [0, 0.05) is 17.8 Å². The molecule has 0 saturated heterocycles. The Bertz CT molecular complexity index is 687. The first-order valence-electron chi connectivity index (χ1n) is 8.22. The number of nitrogens with one attached hydrogen (secondary N) is 1. The quantitative estimate of drug-likeness (QED) is 0.661. The third-order valence-electron chi connectivity index (χ3n) is 4.08. The molecule has 24 heavy (non-hydrogen) atoms. The number of halogens is 1. The normalized spacial score (nSPS) is 15.2. The summed E-state index contributed by atoms with van der Waals surface area (Å²) in [4.78, 5) is 20.7. The highest BCUT2D eigenvalue weighted by Gasteiger charge is 2.16. The highest BCUT2D eigenvalue weighted by Crippen LogP contribution is 2.21. The Labute approximate surface area is 145 Å². The lowest BCUT2D eigenvalue weighted by Crippen LogP contribution is -2.37. The highest BCUT2D eigenvalue weighted by molar-refractivity contribution is 7.99. The van der Waals surface area contributed by atoms with Crippen molar-refractivity contribution in [2.45, 2.75) is 43.3 Å². The fourth-order valence-electron chi connectivity index (χ4n) is 2.84. The minimum absolute atomic E-state index is 0.0303. The summed E-state index contributed by atoms with van der Waals surface area (Å²) in [5, 5.41) is 3.64. The molecule has 0 bridgehead atoms. The van der Waals surface area contributed by atoms with Gasteiger partial charge in [0.1, 0.15) is 5.82 Å². The van der Waals surface area contributed by atoms with Gasteiger partial charge in [-0.05, 0) is 43.2 Å². The summed E-state index contributed by atoms with van der Waals surface area (Å²) in [5.74, 6) is 0.0630. The zero-order valence-electron chi connectivity index (χ0n) is 13.4. The van der Waals surface area contributed by atoms with Gasteiger partial charge in [0.15, 0.2) is 5.16 Å². The largest absolute Gasteiger partial charge is 0.353 e. The number of rotatable bonds is 5. The van der Waals surface area contributed by atoms with Gasteiger partial charge in [-0.3, -0.25) is 4.79 Å². The standard InChI is InChI=1S/C18H20FN3OS/c19-14-8-6-13(7-9-14)16-10-11-20-18(22-16)24-12-17(23)21-15-4-2-1-3-5-15/h6-11,15H,1-5,12H2,(H,21,23). The molecule has 6 heteroatoms. The fraction of sp³-hybridized carbons (Fsp3) is 0.389. The lowest BCUT2D eigenvalue weighted by molar-refractivity contribution is -0.119. The maximum atomic E-state index is 13.0. The summed E-state index contributed by atoms with van der Waals surface area (Å²) in [6, 6.07) is 8.27. The Morgan fingerprint density at radius 1 is 1.17 bits per heavy atom. The van der Waals surface area contributed by atoms with Crippen LogP contribution in [0.25, 0.3) is 11.3 Å². The molecular weight excluding hydrogens is 325 g/mol. The molecular formula is C18H20FN3OS. The van der Waals surface area contributed by atoms with Crippen LogP contribution in [0.5, 0.6) is 0 Å². The molecule has 2 aromatic rings. The van der Waals surface area contributed by atoms with Gasteiger partial charge in [-0.15, -0.1) is 0 Å². The van der Waals surface area contributed by atoms with Crippen molar-refractivity contribution in [3.8, 4) is 11.3 Å². The molecule has 0 spiro atoms.